The van der Waals surface area contributed by atoms with E-state index in [1.807, 2.05) is 67.6 Å². The maximum absolute atomic E-state index is 12.1. The van der Waals surface area contributed by atoms with Crippen molar-refractivity contribution in [2.75, 3.05) is 6.61 Å². The van der Waals surface area contributed by atoms with Crippen LogP contribution in [0, 0.1) is 0 Å². The van der Waals surface area contributed by atoms with Gasteiger partial charge in [-0.1, -0.05) is 67.6 Å². The number of carbonyl (C=O) groups is 3. The number of hydrogen-bond donors (Lipinski definition) is 1. The number of amides is 1. The van der Waals surface area contributed by atoms with Gasteiger partial charge in [0.25, 0.3) is 5.91 Å². The van der Waals surface area contributed by atoms with Gasteiger partial charge in [-0.05, 0) is 30.4 Å². The van der Waals surface area contributed by atoms with E-state index in [1.165, 1.54) is 6.92 Å². The number of esters is 1. The number of ether oxygens (including phenoxy) is 1. The van der Waals surface area contributed by atoms with Gasteiger partial charge in [-0.2, -0.15) is 0 Å². The molecule has 5 nitrogen and oxygen atoms in total. The molecule has 0 aliphatic heterocycles. The Balaban J connectivity index is 1.79. The molecule has 1 amide bonds. The van der Waals surface area contributed by atoms with Gasteiger partial charge in [0.05, 0.1) is 12.5 Å². The van der Waals surface area contributed by atoms with Gasteiger partial charge in [0.1, 0.15) is 0 Å². The van der Waals surface area contributed by atoms with E-state index in [4.69, 9.17) is 4.74 Å². The first kappa shape index (κ1) is 20.4. The zero-order valence-electron chi connectivity index (χ0n) is 15.7. The molecule has 0 spiro atoms. The highest BCUT2D eigenvalue weighted by molar-refractivity contribution is 5.88. The van der Waals surface area contributed by atoms with Crippen LogP contribution in [0.15, 0.2) is 60.7 Å². The topological polar surface area (TPSA) is 72.5 Å². The van der Waals surface area contributed by atoms with E-state index in [1.54, 1.807) is 0 Å². The maximum atomic E-state index is 12.1. The molecule has 2 aromatic rings. The highest BCUT2D eigenvalue weighted by Crippen LogP contribution is 2.18. The van der Waals surface area contributed by atoms with Crippen LogP contribution < -0.4 is 5.32 Å². The molecule has 2 atom stereocenters. The number of nitrogens with one attached hydrogen (secondary N) is 1. The Kier molecular flexibility index (Phi) is 7.74. The zero-order chi connectivity index (χ0) is 19.6. The summed E-state index contributed by atoms with van der Waals surface area (Å²) in [6.07, 6.45) is 0.596. The molecule has 142 valence electrons. The van der Waals surface area contributed by atoms with Crippen molar-refractivity contribution in [3.05, 3.63) is 71.8 Å². The molecule has 2 aromatic carbocycles. The molecule has 1 N–H and O–H groups in total. The molecule has 2 rings (SSSR count). The first-order valence-corrected chi connectivity index (χ1v) is 9.00. The predicted molar refractivity (Wildman–Crippen MR) is 103 cm³/mol. The molecule has 0 aromatic heterocycles. The van der Waals surface area contributed by atoms with Crippen LogP contribution in [0.2, 0.25) is 0 Å². The van der Waals surface area contributed by atoms with Crippen molar-refractivity contribution in [2.24, 2.45) is 0 Å². The third-order valence-corrected chi connectivity index (χ3v) is 4.31. The number of Topliss-reactive ketones (excluding diaryl/α,β-unsaturated/α-hetero) is 1. The van der Waals surface area contributed by atoms with Gasteiger partial charge >= 0.3 is 5.97 Å². The second-order valence-electron chi connectivity index (χ2n) is 6.60. The molecule has 0 aliphatic rings. The molecule has 27 heavy (non-hydrogen) atoms. The van der Waals surface area contributed by atoms with Crippen LogP contribution in [0.4, 0.5) is 0 Å². The van der Waals surface area contributed by atoms with Crippen molar-refractivity contribution >= 4 is 17.7 Å². The standard InChI is InChI=1S/C22H25NO4/c1-16(19-11-7-4-8-12-19)13-22(26)27-15-21(25)23-20(17(2)24)14-18-9-5-3-6-10-18/h3-12,16,20H,13-15H2,1-2H3,(H,23,25)/t16-,20-/m1/s1. The minimum absolute atomic E-state index is 0.00445. The minimum Gasteiger partial charge on any atom is -0.456 e. The molecule has 0 saturated carbocycles. The van der Waals surface area contributed by atoms with Gasteiger partial charge in [-0.3, -0.25) is 14.4 Å². The summed E-state index contributed by atoms with van der Waals surface area (Å²) in [6.45, 7) is 2.97. The van der Waals surface area contributed by atoms with Gasteiger partial charge in [0, 0.05) is 0 Å². The highest BCUT2D eigenvalue weighted by atomic mass is 16.5. The van der Waals surface area contributed by atoms with Crippen LogP contribution >= 0.6 is 0 Å². The normalized spacial score (nSPS) is 12.7. The number of ketones is 1. The summed E-state index contributed by atoms with van der Waals surface area (Å²) in [5, 5.41) is 2.64. The van der Waals surface area contributed by atoms with Crippen molar-refractivity contribution in [1.29, 1.82) is 0 Å². The summed E-state index contributed by atoms with van der Waals surface area (Å²) in [7, 11) is 0. The summed E-state index contributed by atoms with van der Waals surface area (Å²) in [4.78, 5) is 35.8. The van der Waals surface area contributed by atoms with Crippen LogP contribution in [-0.4, -0.2) is 30.3 Å². The average molecular weight is 367 g/mol. The van der Waals surface area contributed by atoms with Crippen molar-refractivity contribution in [3.63, 3.8) is 0 Å². The lowest BCUT2D eigenvalue weighted by molar-refractivity contribution is -0.149. The molecular formula is C22H25NO4. The third-order valence-electron chi connectivity index (χ3n) is 4.31. The van der Waals surface area contributed by atoms with Gasteiger partial charge in [0.2, 0.25) is 0 Å². The Morgan fingerprint density at radius 2 is 1.56 bits per heavy atom. The molecule has 0 aliphatic carbocycles. The number of hydrogen-bond acceptors (Lipinski definition) is 4. The fourth-order valence-electron chi connectivity index (χ4n) is 2.74. The predicted octanol–water partition coefficient (Wildman–Crippen LogP) is 3.04. The fraction of sp³-hybridized carbons (Fsp3) is 0.318. The molecular weight excluding hydrogens is 342 g/mol. The summed E-state index contributed by atoms with van der Waals surface area (Å²) < 4.78 is 5.06. The lowest BCUT2D eigenvalue weighted by Crippen LogP contribution is -2.43. The van der Waals surface area contributed by atoms with Gasteiger partial charge in [-0.15, -0.1) is 0 Å². The van der Waals surface area contributed by atoms with Crippen molar-refractivity contribution in [1.82, 2.24) is 5.32 Å². The second-order valence-corrected chi connectivity index (χ2v) is 6.60. The van der Waals surface area contributed by atoms with E-state index in [0.29, 0.717) is 6.42 Å². The minimum atomic E-state index is -0.637. The average Bonchev–Trinajstić information content (AvgIpc) is 2.67. The first-order valence-electron chi connectivity index (χ1n) is 9.00. The van der Waals surface area contributed by atoms with E-state index in [9.17, 15) is 14.4 Å². The Bertz CT molecular complexity index is 758. The van der Waals surface area contributed by atoms with Crippen LogP contribution in [0.25, 0.3) is 0 Å². The molecule has 0 fully saturated rings. The fourth-order valence-corrected chi connectivity index (χ4v) is 2.74. The van der Waals surface area contributed by atoms with Crippen LogP contribution in [0.3, 0.4) is 0 Å². The lowest BCUT2D eigenvalue weighted by atomic mass is 9.98. The van der Waals surface area contributed by atoms with Crippen LogP contribution in [0.5, 0.6) is 0 Å². The quantitative estimate of drug-likeness (QED) is 0.692. The number of benzene rings is 2. The third kappa shape index (κ3) is 7.05. The molecule has 0 unspecified atom stereocenters. The van der Waals surface area contributed by atoms with E-state index in [2.05, 4.69) is 5.32 Å². The van der Waals surface area contributed by atoms with E-state index >= 15 is 0 Å². The molecule has 0 radical (unpaired) electrons. The van der Waals surface area contributed by atoms with E-state index in [0.717, 1.165) is 11.1 Å². The Hall–Kier alpha value is -2.95. The monoisotopic (exact) mass is 367 g/mol. The lowest BCUT2D eigenvalue weighted by Gasteiger charge is -2.16. The first-order chi connectivity index (χ1) is 13.0. The molecule has 5 heteroatoms. The smallest absolute Gasteiger partial charge is 0.306 e. The molecule has 0 saturated heterocycles. The maximum Gasteiger partial charge on any atom is 0.306 e. The second kappa shape index (κ2) is 10.3. The van der Waals surface area contributed by atoms with E-state index < -0.39 is 17.9 Å². The summed E-state index contributed by atoms with van der Waals surface area (Å²) in [5.41, 5.74) is 1.99. The zero-order valence-corrected chi connectivity index (χ0v) is 15.7. The SMILES string of the molecule is CC(=O)[C@@H](Cc1ccccc1)NC(=O)COC(=O)C[C@@H](C)c1ccccc1. The summed E-state index contributed by atoms with van der Waals surface area (Å²) >= 11 is 0. The van der Waals surface area contributed by atoms with Crippen molar-refractivity contribution in [2.45, 2.75) is 38.6 Å². The number of rotatable bonds is 9. The Morgan fingerprint density at radius 3 is 2.15 bits per heavy atom. The molecule has 0 bridgehead atoms. The van der Waals surface area contributed by atoms with Crippen LogP contribution in [0.1, 0.15) is 37.3 Å². The number of carbonyl (C=O) groups excluding carboxylic acids is 3. The van der Waals surface area contributed by atoms with E-state index in [-0.39, 0.29) is 24.7 Å². The van der Waals surface area contributed by atoms with Gasteiger partial charge in [-0.25, -0.2) is 0 Å². The highest BCUT2D eigenvalue weighted by Gasteiger charge is 2.19. The van der Waals surface area contributed by atoms with Crippen molar-refractivity contribution < 1.29 is 19.1 Å². The largest absolute Gasteiger partial charge is 0.456 e. The van der Waals surface area contributed by atoms with Crippen LogP contribution in [-0.2, 0) is 25.5 Å². The molecule has 0 heterocycles. The summed E-state index contributed by atoms with van der Waals surface area (Å²) in [6, 6.07) is 18.5. The Morgan fingerprint density at radius 1 is 0.963 bits per heavy atom. The van der Waals surface area contributed by atoms with Gasteiger partial charge < -0.3 is 10.1 Å². The summed E-state index contributed by atoms with van der Waals surface area (Å²) in [5.74, 6) is -1.06. The van der Waals surface area contributed by atoms with Gasteiger partial charge in [0.15, 0.2) is 12.4 Å². The van der Waals surface area contributed by atoms with Crippen molar-refractivity contribution in [3.8, 4) is 0 Å². The Labute approximate surface area is 159 Å².